The number of ether oxygens (including phenoxy) is 2. The number of alkyl halides is 3. The maximum Gasteiger partial charge on any atom is 0.411 e. The zero-order valence-electron chi connectivity index (χ0n) is 11.5. The SMILES string of the molecule is Cl.O=C(COCC(F)(F)F)Nc1ccc2c(c1)CNCCO2. The molecule has 0 saturated heterocycles. The lowest BCUT2D eigenvalue weighted by atomic mass is 10.1. The predicted molar refractivity (Wildman–Crippen MR) is 76.4 cm³/mol. The van der Waals surface area contributed by atoms with E-state index < -0.39 is 25.3 Å². The van der Waals surface area contributed by atoms with Crippen LogP contribution in [0.1, 0.15) is 5.56 Å². The minimum Gasteiger partial charge on any atom is -0.492 e. The van der Waals surface area contributed by atoms with Crippen LogP contribution in [0.5, 0.6) is 5.75 Å². The van der Waals surface area contributed by atoms with E-state index in [1.165, 1.54) is 0 Å². The molecule has 2 rings (SSSR count). The first kappa shape index (κ1) is 18.5. The summed E-state index contributed by atoms with van der Waals surface area (Å²) in [5.74, 6) is 0.0908. The molecule has 9 heteroatoms. The third kappa shape index (κ3) is 6.08. The summed E-state index contributed by atoms with van der Waals surface area (Å²) in [4.78, 5) is 11.5. The fraction of sp³-hybridized carbons (Fsp3) is 0.462. The Kier molecular flexibility index (Phi) is 6.92. The lowest BCUT2D eigenvalue weighted by Gasteiger charge is -2.11. The van der Waals surface area contributed by atoms with Crippen molar-refractivity contribution in [2.24, 2.45) is 0 Å². The molecule has 0 spiro atoms. The van der Waals surface area contributed by atoms with Crippen molar-refractivity contribution < 1.29 is 27.4 Å². The number of hydrogen-bond donors (Lipinski definition) is 2. The molecule has 0 aromatic heterocycles. The summed E-state index contributed by atoms with van der Waals surface area (Å²) in [6.07, 6.45) is -4.44. The van der Waals surface area contributed by atoms with Crippen molar-refractivity contribution in [1.82, 2.24) is 5.32 Å². The van der Waals surface area contributed by atoms with Gasteiger partial charge in [-0.2, -0.15) is 13.2 Å². The van der Waals surface area contributed by atoms with Gasteiger partial charge < -0.3 is 20.1 Å². The molecule has 1 aromatic carbocycles. The Morgan fingerprint density at radius 2 is 2.18 bits per heavy atom. The Labute approximate surface area is 131 Å². The van der Waals surface area contributed by atoms with E-state index in [0.717, 1.165) is 17.9 Å². The second-order valence-electron chi connectivity index (χ2n) is 4.50. The van der Waals surface area contributed by atoms with Crippen LogP contribution in [0.25, 0.3) is 0 Å². The van der Waals surface area contributed by atoms with Crippen molar-refractivity contribution in [3.05, 3.63) is 23.8 Å². The maximum atomic E-state index is 11.9. The molecule has 2 N–H and O–H groups in total. The van der Waals surface area contributed by atoms with Crippen LogP contribution < -0.4 is 15.4 Å². The molecule has 1 heterocycles. The minimum atomic E-state index is -4.44. The Morgan fingerprint density at radius 1 is 1.41 bits per heavy atom. The molecule has 1 amide bonds. The summed E-state index contributed by atoms with van der Waals surface area (Å²) in [6, 6.07) is 5.07. The molecule has 124 valence electrons. The lowest BCUT2D eigenvalue weighted by Crippen LogP contribution is -2.24. The van der Waals surface area contributed by atoms with Crippen molar-refractivity contribution in [2.75, 3.05) is 31.7 Å². The number of carbonyl (C=O) groups is 1. The molecule has 0 atom stereocenters. The van der Waals surface area contributed by atoms with Gasteiger partial charge in [-0.25, -0.2) is 0 Å². The molecule has 0 unspecified atom stereocenters. The summed E-state index contributed by atoms with van der Waals surface area (Å²) >= 11 is 0. The second-order valence-corrected chi connectivity index (χ2v) is 4.50. The molecular weight excluding hydrogens is 325 g/mol. The average molecular weight is 341 g/mol. The predicted octanol–water partition coefficient (Wildman–Crippen LogP) is 2.11. The van der Waals surface area contributed by atoms with Gasteiger partial charge in [-0.3, -0.25) is 4.79 Å². The number of hydrogen-bond acceptors (Lipinski definition) is 4. The van der Waals surface area contributed by atoms with E-state index in [0.29, 0.717) is 18.8 Å². The van der Waals surface area contributed by atoms with Crippen LogP contribution >= 0.6 is 12.4 Å². The molecule has 5 nitrogen and oxygen atoms in total. The van der Waals surface area contributed by atoms with Gasteiger partial charge in [-0.15, -0.1) is 12.4 Å². The number of benzene rings is 1. The van der Waals surface area contributed by atoms with Crippen molar-refractivity contribution in [3.8, 4) is 5.75 Å². The molecule has 1 aliphatic heterocycles. The summed E-state index contributed by atoms with van der Waals surface area (Å²) in [7, 11) is 0. The highest BCUT2D eigenvalue weighted by molar-refractivity contribution is 5.91. The van der Waals surface area contributed by atoms with Crippen molar-refractivity contribution in [2.45, 2.75) is 12.7 Å². The van der Waals surface area contributed by atoms with Crippen LogP contribution in [0.2, 0.25) is 0 Å². The maximum absolute atomic E-state index is 11.9. The Balaban J connectivity index is 0.00000242. The van der Waals surface area contributed by atoms with Gasteiger partial charge in [0.1, 0.15) is 25.6 Å². The van der Waals surface area contributed by atoms with Crippen LogP contribution in [0.15, 0.2) is 18.2 Å². The first-order valence-electron chi connectivity index (χ1n) is 6.35. The number of nitrogens with one attached hydrogen (secondary N) is 2. The number of rotatable bonds is 4. The van der Waals surface area contributed by atoms with Gasteiger partial charge in [0, 0.05) is 24.3 Å². The van der Waals surface area contributed by atoms with E-state index >= 15 is 0 Å². The molecule has 0 saturated carbocycles. The Morgan fingerprint density at radius 3 is 2.91 bits per heavy atom. The van der Waals surface area contributed by atoms with Gasteiger partial charge in [-0.05, 0) is 18.2 Å². The largest absolute Gasteiger partial charge is 0.492 e. The van der Waals surface area contributed by atoms with Crippen molar-refractivity contribution in [3.63, 3.8) is 0 Å². The van der Waals surface area contributed by atoms with Crippen molar-refractivity contribution in [1.29, 1.82) is 0 Å². The van der Waals surface area contributed by atoms with Crippen LogP contribution in [-0.2, 0) is 16.1 Å². The fourth-order valence-corrected chi connectivity index (χ4v) is 1.85. The van der Waals surface area contributed by atoms with Gasteiger partial charge in [0.05, 0.1) is 0 Å². The van der Waals surface area contributed by atoms with Crippen molar-refractivity contribution >= 4 is 24.0 Å². The van der Waals surface area contributed by atoms with E-state index in [-0.39, 0.29) is 12.4 Å². The van der Waals surface area contributed by atoms with Gasteiger partial charge in [-0.1, -0.05) is 0 Å². The first-order chi connectivity index (χ1) is 9.94. The Bertz CT molecular complexity index is 512. The van der Waals surface area contributed by atoms with E-state index in [4.69, 9.17) is 4.74 Å². The molecule has 0 bridgehead atoms. The topological polar surface area (TPSA) is 59.6 Å². The van der Waals surface area contributed by atoms with E-state index in [2.05, 4.69) is 15.4 Å². The smallest absolute Gasteiger partial charge is 0.411 e. The quantitative estimate of drug-likeness (QED) is 0.881. The highest BCUT2D eigenvalue weighted by atomic mass is 35.5. The standard InChI is InChI=1S/C13H15F3N2O3.ClH/c14-13(15,16)8-20-7-12(19)18-10-1-2-11-9(5-10)6-17-3-4-21-11;/h1-2,5,17H,3-4,6-8H2,(H,18,19);1H. The fourth-order valence-electron chi connectivity index (χ4n) is 1.85. The zero-order chi connectivity index (χ0) is 15.3. The molecule has 22 heavy (non-hydrogen) atoms. The highest BCUT2D eigenvalue weighted by Gasteiger charge is 2.27. The third-order valence-electron chi connectivity index (χ3n) is 2.69. The summed E-state index contributed by atoms with van der Waals surface area (Å²) < 4.78 is 45.4. The number of carbonyl (C=O) groups excluding carboxylic acids is 1. The zero-order valence-corrected chi connectivity index (χ0v) is 12.4. The van der Waals surface area contributed by atoms with Crippen LogP contribution in [0.3, 0.4) is 0 Å². The molecule has 0 fully saturated rings. The summed E-state index contributed by atoms with van der Waals surface area (Å²) in [5, 5.41) is 5.63. The normalized spacial score (nSPS) is 14.1. The van der Waals surface area contributed by atoms with Gasteiger partial charge in [0.2, 0.25) is 5.91 Å². The third-order valence-corrected chi connectivity index (χ3v) is 2.69. The molecule has 1 aliphatic rings. The van der Waals surface area contributed by atoms with Crippen LogP contribution in [-0.4, -0.2) is 38.4 Å². The van der Waals surface area contributed by atoms with Gasteiger partial charge in [0.15, 0.2) is 0 Å². The minimum absolute atomic E-state index is 0. The first-order valence-corrected chi connectivity index (χ1v) is 6.35. The summed E-state index contributed by atoms with van der Waals surface area (Å²) in [6.45, 7) is -0.205. The molecular formula is C13H16ClF3N2O3. The molecule has 1 aromatic rings. The molecule has 0 aliphatic carbocycles. The second kappa shape index (κ2) is 8.21. The summed E-state index contributed by atoms with van der Waals surface area (Å²) in [5.41, 5.74) is 1.36. The van der Waals surface area contributed by atoms with Crippen LogP contribution in [0.4, 0.5) is 18.9 Å². The van der Waals surface area contributed by atoms with E-state index in [9.17, 15) is 18.0 Å². The molecule has 0 radical (unpaired) electrons. The van der Waals surface area contributed by atoms with E-state index in [1.54, 1.807) is 18.2 Å². The van der Waals surface area contributed by atoms with Gasteiger partial charge in [0.25, 0.3) is 0 Å². The number of halogens is 4. The number of anilines is 1. The number of amides is 1. The van der Waals surface area contributed by atoms with Crippen LogP contribution in [0, 0.1) is 0 Å². The lowest BCUT2D eigenvalue weighted by molar-refractivity contribution is -0.174. The monoisotopic (exact) mass is 340 g/mol. The van der Waals surface area contributed by atoms with Gasteiger partial charge >= 0.3 is 6.18 Å². The average Bonchev–Trinajstić information content (AvgIpc) is 2.61. The number of fused-ring (bicyclic) bond motifs is 1. The highest BCUT2D eigenvalue weighted by Crippen LogP contribution is 2.24. The van der Waals surface area contributed by atoms with E-state index in [1.807, 2.05) is 0 Å². The Hall–Kier alpha value is -1.51.